The summed E-state index contributed by atoms with van der Waals surface area (Å²) < 4.78 is 5.59. The molecule has 3 nitrogen and oxygen atoms in total. The van der Waals surface area contributed by atoms with Crippen molar-refractivity contribution < 1.29 is 4.74 Å². The fraction of sp³-hybridized carbons (Fsp3) is 1.00. The van der Waals surface area contributed by atoms with E-state index in [0.29, 0.717) is 6.04 Å². The lowest BCUT2D eigenvalue weighted by atomic mass is 9.88. The van der Waals surface area contributed by atoms with Gasteiger partial charge in [0.1, 0.15) is 0 Å². The van der Waals surface area contributed by atoms with Gasteiger partial charge >= 0.3 is 0 Å². The number of nitrogens with two attached hydrogens (primary N) is 1. The Morgan fingerprint density at radius 3 is 2.71 bits per heavy atom. The standard InChI is InChI=1S/C14H30N2O/c1-5-13-10-17-9-8-16(13)14(4,11-15)7-6-12(2)3/h12-13H,5-11,15H2,1-4H3. The maximum Gasteiger partial charge on any atom is 0.0622 e. The zero-order chi connectivity index (χ0) is 12.9. The summed E-state index contributed by atoms with van der Waals surface area (Å²) in [6, 6.07) is 0.546. The van der Waals surface area contributed by atoms with E-state index in [9.17, 15) is 0 Å². The second-order valence-corrected chi connectivity index (χ2v) is 5.96. The van der Waals surface area contributed by atoms with E-state index in [1.165, 1.54) is 12.8 Å². The first-order valence-electron chi connectivity index (χ1n) is 7.08. The number of hydrogen-bond acceptors (Lipinski definition) is 3. The molecule has 0 spiro atoms. The van der Waals surface area contributed by atoms with Crippen LogP contribution in [0.2, 0.25) is 0 Å². The summed E-state index contributed by atoms with van der Waals surface area (Å²) in [5.74, 6) is 0.752. The molecule has 1 heterocycles. The van der Waals surface area contributed by atoms with Crippen molar-refractivity contribution in [3.8, 4) is 0 Å². The van der Waals surface area contributed by atoms with Crippen molar-refractivity contribution in [3.63, 3.8) is 0 Å². The molecule has 1 rings (SSSR count). The van der Waals surface area contributed by atoms with Crippen LogP contribution in [0.3, 0.4) is 0 Å². The molecule has 0 aromatic carbocycles. The van der Waals surface area contributed by atoms with Gasteiger partial charge in [0, 0.05) is 24.7 Å². The highest BCUT2D eigenvalue weighted by atomic mass is 16.5. The molecule has 2 atom stereocenters. The Hall–Kier alpha value is -0.120. The lowest BCUT2D eigenvalue weighted by molar-refractivity contribution is -0.0620. The normalized spacial score (nSPS) is 26.1. The quantitative estimate of drug-likeness (QED) is 0.776. The number of hydrogen-bond donors (Lipinski definition) is 1. The molecule has 102 valence electrons. The van der Waals surface area contributed by atoms with Crippen LogP contribution in [0.25, 0.3) is 0 Å². The predicted octanol–water partition coefficient (Wildman–Crippen LogP) is 2.25. The van der Waals surface area contributed by atoms with Gasteiger partial charge in [-0.3, -0.25) is 4.90 Å². The van der Waals surface area contributed by atoms with Gasteiger partial charge in [0.25, 0.3) is 0 Å². The van der Waals surface area contributed by atoms with E-state index >= 15 is 0 Å². The summed E-state index contributed by atoms with van der Waals surface area (Å²) in [6.45, 7) is 12.6. The number of ether oxygens (including phenoxy) is 1. The van der Waals surface area contributed by atoms with Crippen molar-refractivity contribution in [3.05, 3.63) is 0 Å². The fourth-order valence-corrected chi connectivity index (χ4v) is 2.67. The van der Waals surface area contributed by atoms with Crippen LogP contribution in [0.1, 0.15) is 47.0 Å². The van der Waals surface area contributed by atoms with Crippen LogP contribution in [0.5, 0.6) is 0 Å². The molecule has 1 aliphatic rings. The molecule has 0 bridgehead atoms. The molecular weight excluding hydrogens is 212 g/mol. The van der Waals surface area contributed by atoms with E-state index in [1.807, 2.05) is 0 Å². The highest BCUT2D eigenvalue weighted by Crippen LogP contribution is 2.27. The highest BCUT2D eigenvalue weighted by molar-refractivity contribution is 4.92. The minimum Gasteiger partial charge on any atom is -0.378 e. The Bertz CT molecular complexity index is 220. The van der Waals surface area contributed by atoms with Gasteiger partial charge in [-0.05, 0) is 32.1 Å². The third-order valence-electron chi connectivity index (χ3n) is 4.09. The van der Waals surface area contributed by atoms with Gasteiger partial charge in [0.2, 0.25) is 0 Å². The van der Waals surface area contributed by atoms with E-state index < -0.39 is 0 Å². The van der Waals surface area contributed by atoms with Gasteiger partial charge < -0.3 is 10.5 Å². The lowest BCUT2D eigenvalue weighted by Crippen LogP contribution is -2.60. The Labute approximate surface area is 107 Å². The van der Waals surface area contributed by atoms with Crippen LogP contribution in [0.15, 0.2) is 0 Å². The van der Waals surface area contributed by atoms with Crippen molar-refractivity contribution in [1.82, 2.24) is 4.90 Å². The van der Waals surface area contributed by atoms with Crippen LogP contribution in [-0.4, -0.2) is 42.8 Å². The molecular formula is C14H30N2O. The second-order valence-electron chi connectivity index (χ2n) is 5.96. The molecule has 0 aliphatic carbocycles. The zero-order valence-electron chi connectivity index (χ0n) is 12.0. The van der Waals surface area contributed by atoms with Crippen molar-refractivity contribution in [1.29, 1.82) is 0 Å². The minimum absolute atomic E-state index is 0.148. The number of nitrogens with zero attached hydrogens (tertiary/aromatic N) is 1. The van der Waals surface area contributed by atoms with Gasteiger partial charge in [-0.2, -0.15) is 0 Å². The molecule has 2 N–H and O–H groups in total. The van der Waals surface area contributed by atoms with Gasteiger partial charge in [-0.15, -0.1) is 0 Å². The van der Waals surface area contributed by atoms with Crippen LogP contribution < -0.4 is 5.73 Å². The van der Waals surface area contributed by atoms with E-state index in [0.717, 1.165) is 38.6 Å². The SMILES string of the molecule is CCC1COCCN1C(C)(CN)CCC(C)C. The van der Waals surface area contributed by atoms with Crippen LogP contribution in [-0.2, 0) is 4.74 Å². The Morgan fingerprint density at radius 2 is 2.18 bits per heavy atom. The van der Waals surface area contributed by atoms with Crippen molar-refractivity contribution >= 4 is 0 Å². The summed E-state index contributed by atoms with van der Waals surface area (Å²) >= 11 is 0. The lowest BCUT2D eigenvalue weighted by Gasteiger charge is -2.48. The smallest absolute Gasteiger partial charge is 0.0622 e. The van der Waals surface area contributed by atoms with Crippen molar-refractivity contribution in [2.24, 2.45) is 11.7 Å². The molecule has 1 fully saturated rings. The molecule has 0 saturated carbocycles. The minimum atomic E-state index is 0.148. The molecule has 0 aromatic heterocycles. The monoisotopic (exact) mass is 242 g/mol. The largest absolute Gasteiger partial charge is 0.378 e. The Kier molecular flexibility index (Phi) is 5.90. The summed E-state index contributed by atoms with van der Waals surface area (Å²) in [4.78, 5) is 2.60. The highest BCUT2D eigenvalue weighted by Gasteiger charge is 2.36. The average Bonchev–Trinajstić information content (AvgIpc) is 2.36. The number of rotatable bonds is 6. The summed E-state index contributed by atoms with van der Waals surface area (Å²) in [6.07, 6.45) is 3.59. The summed E-state index contributed by atoms with van der Waals surface area (Å²) in [5.41, 5.74) is 6.21. The molecule has 1 saturated heterocycles. The first kappa shape index (κ1) is 14.9. The second kappa shape index (κ2) is 6.72. The molecule has 0 radical (unpaired) electrons. The Balaban J connectivity index is 2.67. The molecule has 0 amide bonds. The molecule has 1 aliphatic heterocycles. The fourth-order valence-electron chi connectivity index (χ4n) is 2.67. The number of morpholine rings is 1. The van der Waals surface area contributed by atoms with Crippen LogP contribution in [0, 0.1) is 5.92 Å². The van der Waals surface area contributed by atoms with Crippen LogP contribution in [0.4, 0.5) is 0 Å². The Morgan fingerprint density at radius 1 is 1.47 bits per heavy atom. The van der Waals surface area contributed by atoms with E-state index in [2.05, 4.69) is 32.6 Å². The van der Waals surface area contributed by atoms with Crippen molar-refractivity contribution in [2.75, 3.05) is 26.3 Å². The van der Waals surface area contributed by atoms with Crippen molar-refractivity contribution in [2.45, 2.75) is 58.5 Å². The molecule has 2 unspecified atom stereocenters. The first-order chi connectivity index (χ1) is 8.03. The van der Waals surface area contributed by atoms with E-state index in [-0.39, 0.29) is 5.54 Å². The van der Waals surface area contributed by atoms with Gasteiger partial charge in [0.05, 0.1) is 13.2 Å². The van der Waals surface area contributed by atoms with Gasteiger partial charge in [-0.25, -0.2) is 0 Å². The summed E-state index contributed by atoms with van der Waals surface area (Å²) in [5, 5.41) is 0. The third kappa shape index (κ3) is 3.94. The molecule has 17 heavy (non-hydrogen) atoms. The van der Waals surface area contributed by atoms with Gasteiger partial charge in [0.15, 0.2) is 0 Å². The van der Waals surface area contributed by atoms with E-state index in [1.54, 1.807) is 0 Å². The first-order valence-corrected chi connectivity index (χ1v) is 7.08. The topological polar surface area (TPSA) is 38.5 Å². The molecule has 3 heteroatoms. The maximum absolute atomic E-state index is 6.06. The van der Waals surface area contributed by atoms with Gasteiger partial charge in [-0.1, -0.05) is 20.8 Å². The zero-order valence-corrected chi connectivity index (χ0v) is 12.0. The summed E-state index contributed by atoms with van der Waals surface area (Å²) in [7, 11) is 0. The van der Waals surface area contributed by atoms with E-state index in [4.69, 9.17) is 10.5 Å². The maximum atomic E-state index is 6.06. The third-order valence-corrected chi connectivity index (χ3v) is 4.09. The van der Waals surface area contributed by atoms with Crippen LogP contribution >= 0.6 is 0 Å². The predicted molar refractivity (Wildman–Crippen MR) is 73.1 cm³/mol. The average molecular weight is 242 g/mol. The molecule has 0 aromatic rings.